The molecule has 8 heteroatoms. The lowest BCUT2D eigenvalue weighted by Gasteiger charge is -2.40. The number of nitrogens with zero attached hydrogens (tertiary/aromatic N) is 3. The number of piperidine rings is 1. The second-order valence-corrected chi connectivity index (χ2v) is 10.8. The van der Waals surface area contributed by atoms with Gasteiger partial charge < -0.3 is 10.6 Å². The number of carbonyl (C=O) groups is 1. The SMILES string of the molecule is CCNC(=O)Nc1cccc(-c2cnc3cc(-c4ccc(CN5CCCC(C)(COOCC)C5)cc4)ccn23)c1. The fourth-order valence-electron chi connectivity index (χ4n) is 5.47. The molecule has 0 bridgehead atoms. The topological polar surface area (TPSA) is 80.1 Å². The zero-order chi connectivity index (χ0) is 28.0. The van der Waals surface area contributed by atoms with Crippen molar-refractivity contribution in [2.24, 2.45) is 5.41 Å². The van der Waals surface area contributed by atoms with E-state index in [2.05, 4.69) is 74.4 Å². The molecule has 40 heavy (non-hydrogen) atoms. The molecule has 0 spiro atoms. The van der Waals surface area contributed by atoms with E-state index in [-0.39, 0.29) is 11.4 Å². The van der Waals surface area contributed by atoms with Gasteiger partial charge in [0, 0.05) is 42.5 Å². The molecular formula is C32H39N5O3. The normalized spacial score (nSPS) is 17.7. The molecule has 1 saturated heterocycles. The lowest BCUT2D eigenvalue weighted by Crippen LogP contribution is -2.43. The Labute approximate surface area is 236 Å². The van der Waals surface area contributed by atoms with E-state index in [1.165, 1.54) is 12.0 Å². The Hall–Kier alpha value is -3.72. The summed E-state index contributed by atoms with van der Waals surface area (Å²) in [6.07, 6.45) is 6.26. The van der Waals surface area contributed by atoms with Crippen LogP contribution in [0.5, 0.6) is 0 Å². The zero-order valence-corrected chi connectivity index (χ0v) is 23.7. The molecule has 210 valence electrons. The largest absolute Gasteiger partial charge is 0.338 e. The van der Waals surface area contributed by atoms with Crippen LogP contribution < -0.4 is 10.6 Å². The second-order valence-electron chi connectivity index (χ2n) is 10.8. The summed E-state index contributed by atoms with van der Waals surface area (Å²) in [6.45, 7) is 11.0. The summed E-state index contributed by atoms with van der Waals surface area (Å²) in [7, 11) is 0. The molecule has 2 N–H and O–H groups in total. The number of fused-ring (bicyclic) bond motifs is 1. The average Bonchev–Trinajstić information content (AvgIpc) is 3.37. The van der Waals surface area contributed by atoms with E-state index >= 15 is 0 Å². The molecular weight excluding hydrogens is 502 g/mol. The van der Waals surface area contributed by atoms with E-state index in [1.807, 2.05) is 44.3 Å². The molecule has 2 aromatic heterocycles. The molecule has 5 rings (SSSR count). The fraction of sp³-hybridized carbons (Fsp3) is 0.375. The van der Waals surface area contributed by atoms with Crippen molar-refractivity contribution in [1.29, 1.82) is 0 Å². The predicted molar refractivity (Wildman–Crippen MR) is 159 cm³/mol. The minimum absolute atomic E-state index is 0.118. The Bertz CT molecular complexity index is 1430. The van der Waals surface area contributed by atoms with Crippen molar-refractivity contribution in [2.75, 3.05) is 38.2 Å². The van der Waals surface area contributed by atoms with Gasteiger partial charge in [0.15, 0.2) is 0 Å². The van der Waals surface area contributed by atoms with Crippen molar-refractivity contribution >= 4 is 17.4 Å². The number of urea groups is 1. The maximum atomic E-state index is 11.9. The van der Waals surface area contributed by atoms with E-state index in [0.717, 1.165) is 59.8 Å². The van der Waals surface area contributed by atoms with E-state index in [9.17, 15) is 4.79 Å². The minimum atomic E-state index is -0.213. The highest BCUT2D eigenvalue weighted by Crippen LogP contribution is 2.31. The lowest BCUT2D eigenvalue weighted by molar-refractivity contribution is -0.308. The summed E-state index contributed by atoms with van der Waals surface area (Å²) >= 11 is 0. The van der Waals surface area contributed by atoms with Crippen LogP contribution >= 0.6 is 0 Å². The molecule has 1 unspecified atom stereocenters. The first-order valence-electron chi connectivity index (χ1n) is 14.1. The van der Waals surface area contributed by atoms with Crippen molar-refractivity contribution in [3.05, 3.63) is 78.6 Å². The van der Waals surface area contributed by atoms with Gasteiger partial charge in [0.2, 0.25) is 0 Å². The number of hydrogen-bond acceptors (Lipinski definition) is 5. The van der Waals surface area contributed by atoms with Crippen LogP contribution in [0.3, 0.4) is 0 Å². The first-order chi connectivity index (χ1) is 19.5. The molecule has 1 aliphatic rings. The standard InChI is InChI=1S/C32H39N5O3/c1-4-33-31(38)35-28-9-6-8-27(18-28)29-20-34-30-19-26(14-17-37(29)30)25-12-10-24(11-13-25)21-36-16-7-15-32(3,22-36)23-40-39-5-2/h6,8-14,17-20H,4-5,7,15-16,21-23H2,1-3H3,(H2,33,35,38). The number of pyridine rings is 1. The molecule has 4 aromatic rings. The van der Waals surface area contributed by atoms with Gasteiger partial charge in [-0.1, -0.05) is 43.3 Å². The third-order valence-electron chi connectivity index (χ3n) is 7.43. The number of aromatic nitrogens is 2. The first kappa shape index (κ1) is 27.8. The van der Waals surface area contributed by atoms with Gasteiger partial charge in [0.05, 0.1) is 25.1 Å². The number of rotatable bonds is 10. The van der Waals surface area contributed by atoms with Gasteiger partial charge in [0.1, 0.15) is 5.65 Å². The number of hydrogen-bond donors (Lipinski definition) is 2. The van der Waals surface area contributed by atoms with Crippen molar-refractivity contribution in [2.45, 2.75) is 40.2 Å². The van der Waals surface area contributed by atoms with Crippen LogP contribution in [0.25, 0.3) is 28.0 Å². The number of amides is 2. The summed E-state index contributed by atoms with van der Waals surface area (Å²) in [6, 6.07) is 20.7. The van der Waals surface area contributed by atoms with Gasteiger partial charge in [-0.3, -0.25) is 9.30 Å². The molecule has 1 atom stereocenters. The average molecular weight is 542 g/mol. The Morgan fingerprint density at radius 2 is 1.88 bits per heavy atom. The van der Waals surface area contributed by atoms with E-state index in [1.54, 1.807) is 0 Å². The highest BCUT2D eigenvalue weighted by Gasteiger charge is 2.31. The predicted octanol–water partition coefficient (Wildman–Crippen LogP) is 6.38. The molecule has 2 amide bonds. The maximum Gasteiger partial charge on any atom is 0.319 e. The van der Waals surface area contributed by atoms with Crippen LogP contribution in [0, 0.1) is 5.41 Å². The third kappa shape index (κ3) is 6.70. The molecule has 3 heterocycles. The maximum absolute atomic E-state index is 11.9. The number of imidazole rings is 1. The number of likely N-dealkylation sites (tertiary alicyclic amines) is 1. The third-order valence-corrected chi connectivity index (χ3v) is 7.43. The summed E-state index contributed by atoms with van der Waals surface area (Å²) in [4.78, 5) is 29.7. The van der Waals surface area contributed by atoms with Gasteiger partial charge in [-0.25, -0.2) is 19.6 Å². The van der Waals surface area contributed by atoms with Gasteiger partial charge in [-0.2, -0.15) is 0 Å². The number of carbonyl (C=O) groups excluding carboxylic acids is 1. The summed E-state index contributed by atoms with van der Waals surface area (Å²) < 4.78 is 2.08. The van der Waals surface area contributed by atoms with Crippen molar-refractivity contribution < 1.29 is 14.6 Å². The van der Waals surface area contributed by atoms with Gasteiger partial charge >= 0.3 is 6.03 Å². The molecule has 2 aromatic carbocycles. The van der Waals surface area contributed by atoms with Crippen LogP contribution in [-0.4, -0.2) is 53.2 Å². The number of anilines is 1. The van der Waals surface area contributed by atoms with Crippen LogP contribution in [0.2, 0.25) is 0 Å². The Kier molecular flexibility index (Phi) is 8.79. The smallest absolute Gasteiger partial charge is 0.319 e. The first-order valence-corrected chi connectivity index (χ1v) is 14.1. The number of nitrogens with one attached hydrogen (secondary N) is 2. The van der Waals surface area contributed by atoms with Crippen LogP contribution in [0.4, 0.5) is 10.5 Å². The number of benzene rings is 2. The monoisotopic (exact) mass is 541 g/mol. The van der Waals surface area contributed by atoms with E-state index in [0.29, 0.717) is 19.8 Å². The molecule has 1 aliphatic heterocycles. The summed E-state index contributed by atoms with van der Waals surface area (Å²) in [5, 5.41) is 5.63. The molecule has 0 radical (unpaired) electrons. The molecule has 0 saturated carbocycles. The van der Waals surface area contributed by atoms with Crippen LogP contribution in [0.15, 0.2) is 73.1 Å². The van der Waals surface area contributed by atoms with Gasteiger partial charge in [0.25, 0.3) is 0 Å². The Balaban J connectivity index is 1.26. The van der Waals surface area contributed by atoms with Crippen molar-refractivity contribution in [3.63, 3.8) is 0 Å². The highest BCUT2D eigenvalue weighted by molar-refractivity contribution is 5.90. The minimum Gasteiger partial charge on any atom is -0.338 e. The van der Waals surface area contributed by atoms with Crippen molar-refractivity contribution in [3.8, 4) is 22.4 Å². The summed E-state index contributed by atoms with van der Waals surface area (Å²) in [5.41, 5.74) is 7.29. The Morgan fingerprint density at radius 3 is 2.67 bits per heavy atom. The summed E-state index contributed by atoms with van der Waals surface area (Å²) in [5.74, 6) is 0. The zero-order valence-electron chi connectivity index (χ0n) is 23.7. The van der Waals surface area contributed by atoms with Gasteiger partial charge in [-0.15, -0.1) is 0 Å². The molecule has 8 nitrogen and oxygen atoms in total. The van der Waals surface area contributed by atoms with Crippen molar-refractivity contribution in [1.82, 2.24) is 19.6 Å². The quantitative estimate of drug-likeness (QED) is 0.138. The van der Waals surface area contributed by atoms with E-state index in [4.69, 9.17) is 9.78 Å². The molecule has 1 fully saturated rings. The lowest BCUT2D eigenvalue weighted by atomic mass is 9.82. The Morgan fingerprint density at radius 1 is 1.02 bits per heavy atom. The second kappa shape index (κ2) is 12.6. The fourth-order valence-corrected chi connectivity index (χ4v) is 5.47. The van der Waals surface area contributed by atoms with E-state index < -0.39 is 0 Å². The van der Waals surface area contributed by atoms with Crippen LogP contribution in [0.1, 0.15) is 39.2 Å². The van der Waals surface area contributed by atoms with Gasteiger partial charge in [-0.05, 0) is 74.2 Å². The van der Waals surface area contributed by atoms with Crippen LogP contribution in [-0.2, 0) is 16.3 Å². The highest BCUT2D eigenvalue weighted by atomic mass is 17.2. The molecule has 0 aliphatic carbocycles.